The number of sulfone groups is 1. The van der Waals surface area contributed by atoms with Gasteiger partial charge < -0.3 is 15.8 Å². The van der Waals surface area contributed by atoms with E-state index in [1.807, 2.05) is 0 Å². The lowest BCUT2D eigenvalue weighted by atomic mass is 10.1. The van der Waals surface area contributed by atoms with Gasteiger partial charge in [0.2, 0.25) is 5.91 Å². The van der Waals surface area contributed by atoms with Gasteiger partial charge in [0.1, 0.15) is 6.04 Å². The zero-order chi connectivity index (χ0) is 19.9. The standard InChI is InChI=1S/C19H22N2O5S/c1-26-17(14-8-4-2-5-9-14)19(23)21-16(18(20)22)12-13-27(24,25)15-10-6-3-7-11-15/h2-11,16-17H,12-13H2,1H3,(H2,20,22)(H,21,23)/t16-,17-/m1/s1. The van der Waals surface area contributed by atoms with Crippen LogP contribution in [0.15, 0.2) is 65.6 Å². The third-order valence-corrected chi connectivity index (χ3v) is 5.78. The van der Waals surface area contributed by atoms with Gasteiger partial charge in [-0.15, -0.1) is 0 Å². The Morgan fingerprint density at radius 1 is 1.04 bits per heavy atom. The van der Waals surface area contributed by atoms with Crippen molar-refractivity contribution in [3.63, 3.8) is 0 Å². The summed E-state index contributed by atoms with van der Waals surface area (Å²) in [5.41, 5.74) is 5.95. The molecule has 2 aromatic rings. The third kappa shape index (κ3) is 5.63. The highest BCUT2D eigenvalue weighted by Gasteiger charge is 2.27. The molecular formula is C19H22N2O5S. The van der Waals surface area contributed by atoms with E-state index in [2.05, 4.69) is 5.32 Å². The number of methoxy groups -OCH3 is 1. The number of carbonyl (C=O) groups is 2. The number of nitrogens with two attached hydrogens (primary N) is 1. The summed E-state index contributed by atoms with van der Waals surface area (Å²) in [5.74, 6) is -1.70. The second-order valence-electron chi connectivity index (χ2n) is 5.91. The Morgan fingerprint density at radius 3 is 2.11 bits per heavy atom. The molecule has 0 unspecified atom stereocenters. The summed E-state index contributed by atoms with van der Waals surface area (Å²) in [6, 6.07) is 15.5. The van der Waals surface area contributed by atoms with E-state index in [0.29, 0.717) is 5.56 Å². The first-order valence-electron chi connectivity index (χ1n) is 8.30. The second-order valence-corrected chi connectivity index (χ2v) is 8.02. The summed E-state index contributed by atoms with van der Waals surface area (Å²) in [4.78, 5) is 24.3. The SMILES string of the molecule is CO[C@@H](C(=O)N[C@H](CCS(=O)(=O)c1ccccc1)C(N)=O)c1ccccc1. The Kier molecular flexibility index (Phi) is 7.09. The minimum atomic E-state index is -3.59. The van der Waals surface area contributed by atoms with Crippen LogP contribution in [0.3, 0.4) is 0 Å². The van der Waals surface area contributed by atoms with E-state index in [-0.39, 0.29) is 17.1 Å². The molecule has 0 aliphatic rings. The molecule has 2 aromatic carbocycles. The Balaban J connectivity index is 2.07. The van der Waals surface area contributed by atoms with E-state index in [0.717, 1.165) is 0 Å². The average molecular weight is 390 g/mol. The molecule has 2 atom stereocenters. The first kappa shape index (κ1) is 20.6. The molecule has 0 saturated heterocycles. The summed E-state index contributed by atoms with van der Waals surface area (Å²) < 4.78 is 29.9. The fraction of sp³-hybridized carbons (Fsp3) is 0.263. The summed E-state index contributed by atoms with van der Waals surface area (Å²) >= 11 is 0. The minimum absolute atomic E-state index is 0.135. The molecule has 0 radical (unpaired) electrons. The number of hydrogen-bond acceptors (Lipinski definition) is 5. The Bertz CT molecular complexity index is 869. The molecule has 27 heavy (non-hydrogen) atoms. The van der Waals surface area contributed by atoms with Gasteiger partial charge in [0, 0.05) is 7.11 Å². The summed E-state index contributed by atoms with van der Waals surface area (Å²) in [6.45, 7) is 0. The molecule has 144 valence electrons. The predicted molar refractivity (Wildman–Crippen MR) is 100 cm³/mol. The maximum Gasteiger partial charge on any atom is 0.254 e. The first-order chi connectivity index (χ1) is 12.8. The predicted octanol–water partition coefficient (Wildman–Crippen LogP) is 1.21. The van der Waals surface area contributed by atoms with Crippen molar-refractivity contribution in [3.8, 4) is 0 Å². The molecule has 0 aromatic heterocycles. The number of hydrogen-bond donors (Lipinski definition) is 2. The van der Waals surface area contributed by atoms with Gasteiger partial charge in [-0.25, -0.2) is 8.42 Å². The summed E-state index contributed by atoms with van der Waals surface area (Å²) in [5, 5.41) is 2.49. The quantitative estimate of drug-likeness (QED) is 0.668. The zero-order valence-electron chi connectivity index (χ0n) is 14.9. The van der Waals surface area contributed by atoms with Crippen LogP contribution >= 0.6 is 0 Å². The largest absolute Gasteiger partial charge is 0.368 e. The van der Waals surface area contributed by atoms with Gasteiger partial charge in [0.25, 0.3) is 5.91 Å². The number of amides is 2. The van der Waals surface area contributed by atoms with Crippen LogP contribution in [0.4, 0.5) is 0 Å². The van der Waals surface area contributed by atoms with Crippen LogP contribution in [-0.2, 0) is 24.2 Å². The molecule has 0 saturated carbocycles. The van der Waals surface area contributed by atoms with Crippen molar-refractivity contribution in [2.24, 2.45) is 5.73 Å². The van der Waals surface area contributed by atoms with E-state index in [4.69, 9.17) is 10.5 Å². The van der Waals surface area contributed by atoms with Crippen LogP contribution in [0.1, 0.15) is 18.1 Å². The van der Waals surface area contributed by atoms with Crippen LogP contribution in [0, 0.1) is 0 Å². The molecule has 2 rings (SSSR count). The molecule has 8 heteroatoms. The molecule has 0 spiro atoms. The fourth-order valence-corrected chi connectivity index (χ4v) is 3.93. The van der Waals surface area contributed by atoms with Crippen molar-refractivity contribution >= 4 is 21.7 Å². The molecule has 0 aliphatic carbocycles. The Morgan fingerprint density at radius 2 is 1.59 bits per heavy atom. The highest BCUT2D eigenvalue weighted by molar-refractivity contribution is 7.91. The number of carbonyl (C=O) groups excluding carboxylic acids is 2. The number of rotatable bonds is 9. The van der Waals surface area contributed by atoms with Gasteiger partial charge >= 0.3 is 0 Å². The maximum absolute atomic E-state index is 12.5. The summed E-state index contributed by atoms with van der Waals surface area (Å²) in [6.07, 6.45) is -1.07. The lowest BCUT2D eigenvalue weighted by molar-refractivity contribution is -0.135. The second kappa shape index (κ2) is 9.29. The summed E-state index contributed by atoms with van der Waals surface area (Å²) in [7, 11) is -2.22. The third-order valence-electron chi connectivity index (χ3n) is 4.01. The van der Waals surface area contributed by atoms with Crippen molar-refractivity contribution in [2.45, 2.75) is 23.5 Å². The van der Waals surface area contributed by atoms with Crippen molar-refractivity contribution in [2.75, 3.05) is 12.9 Å². The molecular weight excluding hydrogens is 368 g/mol. The normalized spacial score (nSPS) is 13.5. The van der Waals surface area contributed by atoms with Crippen molar-refractivity contribution in [3.05, 3.63) is 66.2 Å². The van der Waals surface area contributed by atoms with E-state index in [1.54, 1.807) is 48.5 Å². The smallest absolute Gasteiger partial charge is 0.254 e. The van der Waals surface area contributed by atoms with E-state index in [9.17, 15) is 18.0 Å². The topological polar surface area (TPSA) is 116 Å². The number of primary amides is 1. The van der Waals surface area contributed by atoms with E-state index >= 15 is 0 Å². The van der Waals surface area contributed by atoms with Crippen LogP contribution in [0.5, 0.6) is 0 Å². The fourth-order valence-electron chi connectivity index (χ4n) is 2.57. The van der Waals surface area contributed by atoms with E-state index in [1.165, 1.54) is 19.2 Å². The van der Waals surface area contributed by atoms with Gasteiger partial charge in [-0.1, -0.05) is 48.5 Å². The maximum atomic E-state index is 12.5. The van der Waals surface area contributed by atoms with Crippen molar-refractivity contribution in [1.29, 1.82) is 0 Å². The molecule has 0 fully saturated rings. The van der Waals surface area contributed by atoms with Crippen molar-refractivity contribution in [1.82, 2.24) is 5.32 Å². The number of ether oxygens (including phenoxy) is 1. The van der Waals surface area contributed by atoms with Crippen LogP contribution in [0.2, 0.25) is 0 Å². The zero-order valence-corrected chi connectivity index (χ0v) is 15.7. The molecule has 0 aliphatic heterocycles. The molecule has 2 amide bonds. The van der Waals surface area contributed by atoms with Gasteiger partial charge in [-0.2, -0.15) is 0 Å². The number of nitrogens with one attached hydrogen (secondary N) is 1. The highest BCUT2D eigenvalue weighted by atomic mass is 32.2. The van der Waals surface area contributed by atoms with Gasteiger partial charge in [0.05, 0.1) is 10.6 Å². The highest BCUT2D eigenvalue weighted by Crippen LogP contribution is 2.17. The average Bonchev–Trinajstić information content (AvgIpc) is 2.67. The minimum Gasteiger partial charge on any atom is -0.368 e. The van der Waals surface area contributed by atoms with Gasteiger partial charge in [0.15, 0.2) is 15.9 Å². The lowest BCUT2D eigenvalue weighted by Gasteiger charge is -2.20. The van der Waals surface area contributed by atoms with Crippen molar-refractivity contribution < 1.29 is 22.7 Å². The molecule has 7 nitrogen and oxygen atoms in total. The van der Waals surface area contributed by atoms with Crippen LogP contribution in [-0.4, -0.2) is 39.1 Å². The molecule has 0 bridgehead atoms. The lowest BCUT2D eigenvalue weighted by Crippen LogP contribution is -2.47. The van der Waals surface area contributed by atoms with Gasteiger partial charge in [-0.3, -0.25) is 9.59 Å². The van der Waals surface area contributed by atoms with Crippen LogP contribution < -0.4 is 11.1 Å². The van der Waals surface area contributed by atoms with E-state index < -0.39 is 33.8 Å². The molecule has 0 heterocycles. The first-order valence-corrected chi connectivity index (χ1v) is 9.95. The van der Waals surface area contributed by atoms with Crippen LogP contribution in [0.25, 0.3) is 0 Å². The van der Waals surface area contributed by atoms with Gasteiger partial charge in [-0.05, 0) is 24.1 Å². The number of benzene rings is 2. The molecule has 3 N–H and O–H groups in total. The Labute approximate surface area is 158 Å². The monoisotopic (exact) mass is 390 g/mol. The Hall–Kier alpha value is -2.71.